The third kappa shape index (κ3) is 4.69. The average molecular weight is 372 g/mol. The first-order valence-electron chi connectivity index (χ1n) is 9.36. The summed E-state index contributed by atoms with van der Waals surface area (Å²) in [6, 6.07) is 10.2. The fraction of sp³-hybridized carbons (Fsp3) is 0.500. The molecule has 0 bridgehead atoms. The van der Waals surface area contributed by atoms with E-state index >= 15 is 0 Å². The van der Waals surface area contributed by atoms with Crippen LogP contribution in [-0.2, 0) is 16.0 Å². The molecule has 2 aliphatic rings. The van der Waals surface area contributed by atoms with Crippen molar-refractivity contribution in [3.05, 3.63) is 52.0 Å². The van der Waals surface area contributed by atoms with Gasteiger partial charge in [-0.1, -0.05) is 30.3 Å². The normalized spacial score (nSPS) is 19.2. The first-order valence-corrected chi connectivity index (χ1v) is 10.2. The Morgan fingerprint density at radius 2 is 2.04 bits per heavy atom. The highest BCUT2D eigenvalue weighted by molar-refractivity contribution is 7.09. The molecule has 1 aromatic heterocycles. The maximum Gasteiger partial charge on any atom is 0.226 e. The summed E-state index contributed by atoms with van der Waals surface area (Å²) in [4.78, 5) is 19.6. The number of benzene rings is 1. The van der Waals surface area contributed by atoms with Gasteiger partial charge in [-0.25, -0.2) is 4.98 Å². The van der Waals surface area contributed by atoms with Crippen LogP contribution < -0.4 is 5.32 Å². The van der Waals surface area contributed by atoms with E-state index in [0.29, 0.717) is 12.3 Å². The topological polar surface area (TPSA) is 54.5 Å². The van der Waals surface area contributed by atoms with E-state index in [-0.39, 0.29) is 11.9 Å². The molecule has 1 aliphatic heterocycles. The van der Waals surface area contributed by atoms with Crippen molar-refractivity contribution in [3.63, 3.8) is 0 Å². The van der Waals surface area contributed by atoms with E-state index in [0.717, 1.165) is 44.1 Å². The third-order valence-electron chi connectivity index (χ3n) is 4.92. The van der Waals surface area contributed by atoms with Crippen molar-refractivity contribution in [1.82, 2.24) is 15.2 Å². The number of carbonyl (C=O) groups excluding carboxylic acids is 1. The Morgan fingerprint density at radius 3 is 2.77 bits per heavy atom. The Balaban J connectivity index is 1.39. The van der Waals surface area contributed by atoms with Crippen LogP contribution in [-0.4, -0.2) is 48.6 Å². The quantitative estimate of drug-likeness (QED) is 0.813. The van der Waals surface area contributed by atoms with Crippen LogP contribution in [0.2, 0.25) is 0 Å². The number of morpholine rings is 1. The fourth-order valence-corrected chi connectivity index (χ4v) is 4.28. The van der Waals surface area contributed by atoms with Crippen LogP contribution in [0.5, 0.6) is 0 Å². The van der Waals surface area contributed by atoms with E-state index in [9.17, 15) is 4.79 Å². The molecule has 1 saturated heterocycles. The molecule has 26 heavy (non-hydrogen) atoms. The van der Waals surface area contributed by atoms with Gasteiger partial charge >= 0.3 is 0 Å². The SMILES string of the molecule is O=C(Cc1csc(C2CC2)n1)NC(CN1CCOCC1)c1ccccc1. The molecule has 0 radical (unpaired) electrons. The summed E-state index contributed by atoms with van der Waals surface area (Å²) in [5.74, 6) is 0.690. The summed E-state index contributed by atoms with van der Waals surface area (Å²) in [7, 11) is 0. The second-order valence-corrected chi connectivity index (χ2v) is 7.96. The van der Waals surface area contributed by atoms with Crippen molar-refractivity contribution < 1.29 is 9.53 Å². The Hall–Kier alpha value is -1.76. The van der Waals surface area contributed by atoms with Gasteiger partial charge in [-0.2, -0.15) is 0 Å². The van der Waals surface area contributed by atoms with Crippen molar-refractivity contribution >= 4 is 17.2 Å². The molecule has 1 aliphatic carbocycles. The van der Waals surface area contributed by atoms with Crippen LogP contribution >= 0.6 is 11.3 Å². The highest BCUT2D eigenvalue weighted by Crippen LogP contribution is 2.41. The van der Waals surface area contributed by atoms with Crippen LogP contribution in [0.1, 0.15) is 41.1 Å². The lowest BCUT2D eigenvalue weighted by Crippen LogP contribution is -2.43. The minimum Gasteiger partial charge on any atom is -0.379 e. The summed E-state index contributed by atoms with van der Waals surface area (Å²) < 4.78 is 5.44. The molecule has 2 fully saturated rings. The number of hydrogen-bond donors (Lipinski definition) is 1. The Morgan fingerprint density at radius 1 is 1.27 bits per heavy atom. The van der Waals surface area contributed by atoms with Gasteiger partial charge in [-0.05, 0) is 18.4 Å². The Labute approximate surface area is 158 Å². The molecule has 1 unspecified atom stereocenters. The molecule has 2 heterocycles. The molecule has 5 nitrogen and oxygen atoms in total. The molecular formula is C20H25N3O2S. The summed E-state index contributed by atoms with van der Waals surface area (Å²) >= 11 is 1.69. The molecule has 1 amide bonds. The number of amides is 1. The molecule has 6 heteroatoms. The maximum absolute atomic E-state index is 12.6. The van der Waals surface area contributed by atoms with Crippen molar-refractivity contribution in [2.45, 2.75) is 31.2 Å². The predicted molar refractivity (Wildman–Crippen MR) is 102 cm³/mol. The first-order chi connectivity index (χ1) is 12.8. The Kier molecular flexibility index (Phi) is 5.62. The number of nitrogens with one attached hydrogen (secondary N) is 1. The lowest BCUT2D eigenvalue weighted by atomic mass is 10.1. The molecule has 4 rings (SSSR count). The van der Waals surface area contributed by atoms with Crippen molar-refractivity contribution in [1.29, 1.82) is 0 Å². The number of aromatic nitrogens is 1. The smallest absolute Gasteiger partial charge is 0.226 e. The van der Waals surface area contributed by atoms with Gasteiger partial charge in [-0.3, -0.25) is 9.69 Å². The minimum atomic E-state index is -0.0108. The van der Waals surface area contributed by atoms with Gasteiger partial charge in [0.1, 0.15) is 0 Å². The van der Waals surface area contributed by atoms with Gasteiger partial charge in [0.15, 0.2) is 0 Å². The molecule has 1 aromatic carbocycles. The summed E-state index contributed by atoms with van der Waals surface area (Å²) in [6.07, 6.45) is 2.85. The monoisotopic (exact) mass is 371 g/mol. The summed E-state index contributed by atoms with van der Waals surface area (Å²) in [5.41, 5.74) is 2.04. The molecule has 1 atom stereocenters. The summed E-state index contributed by atoms with van der Waals surface area (Å²) in [5, 5.41) is 6.46. The zero-order valence-electron chi connectivity index (χ0n) is 14.9. The average Bonchev–Trinajstić information content (AvgIpc) is 3.42. The second kappa shape index (κ2) is 8.29. The van der Waals surface area contributed by atoms with Crippen LogP contribution in [0.4, 0.5) is 0 Å². The number of ether oxygens (including phenoxy) is 1. The molecule has 0 spiro atoms. The van der Waals surface area contributed by atoms with Gasteiger partial charge in [0.05, 0.1) is 36.4 Å². The van der Waals surface area contributed by atoms with E-state index < -0.39 is 0 Å². The van der Waals surface area contributed by atoms with Crippen molar-refractivity contribution in [2.75, 3.05) is 32.8 Å². The minimum absolute atomic E-state index is 0.0108. The van der Waals surface area contributed by atoms with Crippen LogP contribution in [0, 0.1) is 0 Å². The summed E-state index contributed by atoms with van der Waals surface area (Å²) in [6.45, 7) is 4.16. The molecule has 1 saturated carbocycles. The van der Waals surface area contributed by atoms with E-state index in [2.05, 4.69) is 27.3 Å². The molecular weight excluding hydrogens is 346 g/mol. The van der Waals surface area contributed by atoms with Crippen LogP contribution in [0.25, 0.3) is 0 Å². The predicted octanol–water partition coefficient (Wildman–Crippen LogP) is 2.75. The number of hydrogen-bond acceptors (Lipinski definition) is 5. The van der Waals surface area contributed by atoms with Crippen molar-refractivity contribution in [3.8, 4) is 0 Å². The van der Waals surface area contributed by atoms with E-state index in [1.807, 2.05) is 23.6 Å². The van der Waals surface area contributed by atoms with Gasteiger partial charge in [-0.15, -0.1) is 11.3 Å². The highest BCUT2D eigenvalue weighted by Gasteiger charge is 2.27. The lowest BCUT2D eigenvalue weighted by Gasteiger charge is -2.31. The number of rotatable bonds is 7. The molecule has 138 valence electrons. The maximum atomic E-state index is 12.6. The fourth-order valence-electron chi connectivity index (χ4n) is 3.29. The van der Waals surface area contributed by atoms with Crippen LogP contribution in [0.15, 0.2) is 35.7 Å². The van der Waals surface area contributed by atoms with Gasteiger partial charge in [0.2, 0.25) is 5.91 Å². The number of nitrogens with zero attached hydrogens (tertiary/aromatic N) is 2. The zero-order valence-corrected chi connectivity index (χ0v) is 15.7. The van der Waals surface area contributed by atoms with E-state index in [4.69, 9.17) is 4.74 Å². The third-order valence-corrected chi connectivity index (χ3v) is 5.98. The highest BCUT2D eigenvalue weighted by atomic mass is 32.1. The second-order valence-electron chi connectivity index (χ2n) is 7.07. The van der Waals surface area contributed by atoms with Gasteiger partial charge in [0, 0.05) is 30.9 Å². The number of carbonyl (C=O) groups is 1. The first kappa shape index (κ1) is 17.6. The van der Waals surface area contributed by atoms with E-state index in [1.54, 1.807) is 11.3 Å². The largest absolute Gasteiger partial charge is 0.379 e. The standard InChI is InChI=1S/C20H25N3O2S/c24-19(12-17-14-26-20(21-17)16-6-7-16)22-18(15-4-2-1-3-5-15)13-23-8-10-25-11-9-23/h1-5,14,16,18H,6-13H2,(H,22,24). The van der Waals surface area contributed by atoms with Crippen LogP contribution in [0.3, 0.4) is 0 Å². The van der Waals surface area contributed by atoms with Gasteiger partial charge in [0.25, 0.3) is 0 Å². The molecule has 2 aromatic rings. The number of thiazole rings is 1. The van der Waals surface area contributed by atoms with E-state index in [1.165, 1.54) is 17.8 Å². The lowest BCUT2D eigenvalue weighted by molar-refractivity contribution is -0.121. The molecule has 1 N–H and O–H groups in total. The van der Waals surface area contributed by atoms with Gasteiger partial charge < -0.3 is 10.1 Å². The Bertz CT molecular complexity index is 724. The zero-order chi connectivity index (χ0) is 17.8. The van der Waals surface area contributed by atoms with Crippen molar-refractivity contribution in [2.24, 2.45) is 0 Å².